The van der Waals surface area contributed by atoms with E-state index in [0.29, 0.717) is 28.9 Å². The lowest BCUT2D eigenvalue weighted by atomic mass is 9.78. The molecule has 0 bridgehead atoms. The number of rotatable bonds is 4. The van der Waals surface area contributed by atoms with Crippen molar-refractivity contribution in [2.24, 2.45) is 0 Å². The van der Waals surface area contributed by atoms with Crippen molar-refractivity contribution in [1.82, 2.24) is 4.90 Å². The Morgan fingerprint density at radius 3 is 1.00 bits per heavy atom. The van der Waals surface area contributed by atoms with E-state index in [9.17, 15) is 10.2 Å². The monoisotopic (exact) mass is 529 g/mol. The highest BCUT2D eigenvalue weighted by Crippen LogP contribution is 2.42. The third-order valence-electron chi connectivity index (χ3n) is 6.59. The number of thiocarbonyl (C=S) groups is 1. The highest BCUT2D eigenvalue weighted by molar-refractivity contribution is 8.10. The van der Waals surface area contributed by atoms with Gasteiger partial charge in [0.25, 0.3) is 0 Å². The molecule has 0 radical (unpaired) electrons. The largest absolute Gasteiger partial charge is 0.507 e. The molecule has 0 amide bonds. The summed E-state index contributed by atoms with van der Waals surface area (Å²) in [6, 6.07) is 8.40. The molecule has 0 unspecified atom stereocenters. The molecule has 2 N–H and O–H groups in total. The van der Waals surface area contributed by atoms with Gasteiger partial charge in [0, 0.05) is 13.1 Å². The number of thiol groups is 1. The van der Waals surface area contributed by atoms with Crippen molar-refractivity contribution >= 4 is 29.2 Å². The Morgan fingerprint density at radius 2 is 0.833 bits per heavy atom. The van der Waals surface area contributed by atoms with Crippen molar-refractivity contribution in [3.8, 4) is 11.5 Å². The van der Waals surface area contributed by atoms with Gasteiger partial charge in [-0.25, -0.2) is 0 Å². The van der Waals surface area contributed by atoms with Gasteiger partial charge in [-0.2, -0.15) is 0 Å². The molecule has 0 heterocycles. The van der Waals surface area contributed by atoms with Gasteiger partial charge >= 0.3 is 0 Å². The fraction of sp³-hybridized carbons (Fsp3) is 0.581. The first-order chi connectivity index (χ1) is 16.0. The summed E-state index contributed by atoms with van der Waals surface area (Å²) in [7, 11) is 0. The summed E-state index contributed by atoms with van der Waals surface area (Å²) in [6.07, 6.45) is 0. The number of benzene rings is 2. The first-order valence-corrected chi connectivity index (χ1v) is 13.6. The number of nitrogens with zero attached hydrogens (tertiary/aromatic N) is 1. The molecule has 2 aromatic rings. The molecule has 0 aliphatic carbocycles. The second kappa shape index (κ2) is 10.2. The maximum Gasteiger partial charge on any atom is 0.133 e. The molecular formula is C31H47NO2S2. The van der Waals surface area contributed by atoms with Crippen molar-refractivity contribution in [3.05, 3.63) is 57.6 Å². The van der Waals surface area contributed by atoms with Crippen LogP contribution in [0.1, 0.15) is 116 Å². The van der Waals surface area contributed by atoms with Gasteiger partial charge in [0.05, 0.1) is 0 Å². The number of phenolic OH excluding ortho intramolecular Hbond substituents is 2. The zero-order valence-electron chi connectivity index (χ0n) is 24.4. The summed E-state index contributed by atoms with van der Waals surface area (Å²) in [4.78, 5) is 2.08. The van der Waals surface area contributed by atoms with Crippen LogP contribution in [0.5, 0.6) is 11.5 Å². The van der Waals surface area contributed by atoms with Gasteiger partial charge in [-0.15, -0.1) is 12.6 Å². The van der Waals surface area contributed by atoms with Gasteiger partial charge in [-0.05, 0) is 79.3 Å². The molecule has 2 rings (SSSR count). The fourth-order valence-electron chi connectivity index (χ4n) is 4.49. The van der Waals surface area contributed by atoms with Crippen molar-refractivity contribution in [3.63, 3.8) is 0 Å². The topological polar surface area (TPSA) is 43.7 Å². The molecule has 200 valence electrons. The summed E-state index contributed by atoms with van der Waals surface area (Å²) in [6.45, 7) is 26.6. The molecule has 0 aliphatic rings. The summed E-state index contributed by atoms with van der Waals surface area (Å²) in [5, 5.41) is 22.2. The van der Waals surface area contributed by atoms with E-state index in [1.54, 1.807) is 0 Å². The minimum atomic E-state index is -0.202. The molecule has 36 heavy (non-hydrogen) atoms. The van der Waals surface area contributed by atoms with E-state index in [2.05, 4.69) is 125 Å². The minimum Gasteiger partial charge on any atom is -0.507 e. The van der Waals surface area contributed by atoms with Crippen LogP contribution < -0.4 is 0 Å². The van der Waals surface area contributed by atoms with Gasteiger partial charge in [0.1, 0.15) is 15.8 Å². The summed E-state index contributed by atoms with van der Waals surface area (Å²) in [5.74, 6) is 0.754. The van der Waals surface area contributed by atoms with Crippen LogP contribution in [0.3, 0.4) is 0 Å². The Kier molecular flexibility index (Phi) is 8.65. The van der Waals surface area contributed by atoms with Crippen molar-refractivity contribution < 1.29 is 10.2 Å². The average Bonchev–Trinajstić information content (AvgIpc) is 2.65. The quantitative estimate of drug-likeness (QED) is 0.274. The molecule has 0 aliphatic heterocycles. The Balaban J connectivity index is 2.61. The first-order valence-electron chi connectivity index (χ1n) is 12.7. The maximum absolute atomic E-state index is 11.1. The number of hydrogen-bond acceptors (Lipinski definition) is 3. The van der Waals surface area contributed by atoms with Crippen molar-refractivity contribution in [2.75, 3.05) is 0 Å². The SMILES string of the molecule is CC(C)(C)c1cc(CN(Cc2cc(C(C)(C)C)c(O)c(C(C)(C)C)c2)C(=S)S)cc(C(C)(C)C)c1O. The van der Waals surface area contributed by atoms with E-state index >= 15 is 0 Å². The standard InChI is InChI=1S/C31H47NO2S2/c1-28(2,3)21-13-19(14-22(25(21)33)29(4,5)6)17-32(27(35)36)18-20-15-23(30(7,8)9)26(34)24(16-20)31(10,11)12/h13-16,33-34H,17-18H2,1-12H3,(H,35,36). The highest BCUT2D eigenvalue weighted by atomic mass is 32.1. The second-order valence-electron chi connectivity index (χ2n) is 14.2. The lowest BCUT2D eigenvalue weighted by Gasteiger charge is -2.31. The van der Waals surface area contributed by atoms with Crippen LogP contribution in [-0.4, -0.2) is 19.4 Å². The molecule has 0 spiro atoms. The molecule has 5 heteroatoms. The Bertz CT molecular complexity index is 970. The van der Waals surface area contributed by atoms with Crippen molar-refractivity contribution in [1.29, 1.82) is 0 Å². The summed E-state index contributed by atoms with van der Waals surface area (Å²) < 4.78 is 0.514. The van der Waals surface area contributed by atoms with E-state index in [1.807, 2.05) is 0 Å². The third-order valence-corrected chi connectivity index (χ3v) is 7.13. The molecule has 0 saturated heterocycles. The van der Waals surface area contributed by atoms with Gasteiger partial charge < -0.3 is 15.1 Å². The summed E-state index contributed by atoms with van der Waals surface area (Å²) in [5.41, 5.74) is 5.11. The lowest BCUT2D eigenvalue weighted by Crippen LogP contribution is -2.27. The zero-order chi connectivity index (χ0) is 28.0. The van der Waals surface area contributed by atoms with Crippen molar-refractivity contribution in [2.45, 2.75) is 118 Å². The zero-order valence-corrected chi connectivity index (χ0v) is 26.1. The predicted octanol–water partition coefficient (Wildman–Crippen LogP) is 8.50. The Morgan fingerprint density at radius 1 is 0.611 bits per heavy atom. The normalized spacial score (nSPS) is 13.1. The Hall–Kier alpha value is -1.72. The molecule has 0 atom stereocenters. The van der Waals surface area contributed by atoms with Gasteiger partial charge in [0.2, 0.25) is 0 Å². The fourth-order valence-corrected chi connectivity index (χ4v) is 4.76. The van der Waals surface area contributed by atoms with E-state index in [0.717, 1.165) is 33.4 Å². The van der Waals surface area contributed by atoms with Crippen LogP contribution in [0.25, 0.3) is 0 Å². The van der Waals surface area contributed by atoms with E-state index in [4.69, 9.17) is 12.2 Å². The molecule has 2 aromatic carbocycles. The molecular weight excluding hydrogens is 482 g/mol. The van der Waals surface area contributed by atoms with Gasteiger partial charge in [-0.3, -0.25) is 0 Å². The van der Waals surface area contributed by atoms with E-state index in [-0.39, 0.29) is 21.7 Å². The molecule has 0 fully saturated rings. The van der Waals surface area contributed by atoms with Gasteiger partial charge in [0.15, 0.2) is 0 Å². The lowest BCUT2D eigenvalue weighted by molar-refractivity contribution is 0.404. The van der Waals surface area contributed by atoms with Crippen LogP contribution >= 0.6 is 24.8 Å². The number of phenols is 2. The maximum atomic E-state index is 11.1. The summed E-state index contributed by atoms with van der Waals surface area (Å²) >= 11 is 10.2. The van der Waals surface area contributed by atoms with Crippen LogP contribution in [0, 0.1) is 0 Å². The molecule has 3 nitrogen and oxygen atoms in total. The number of hydrogen-bond donors (Lipinski definition) is 3. The van der Waals surface area contributed by atoms with Crippen LogP contribution in [0.2, 0.25) is 0 Å². The van der Waals surface area contributed by atoms with Crippen LogP contribution in [0.4, 0.5) is 0 Å². The van der Waals surface area contributed by atoms with E-state index < -0.39 is 0 Å². The van der Waals surface area contributed by atoms with Crippen LogP contribution in [0.15, 0.2) is 24.3 Å². The minimum absolute atomic E-state index is 0.202. The second-order valence-corrected chi connectivity index (χ2v) is 15.3. The molecule has 0 saturated carbocycles. The smallest absolute Gasteiger partial charge is 0.133 e. The highest BCUT2D eigenvalue weighted by Gasteiger charge is 2.29. The van der Waals surface area contributed by atoms with Crippen LogP contribution in [-0.2, 0) is 34.7 Å². The number of aromatic hydroxyl groups is 2. The van der Waals surface area contributed by atoms with Gasteiger partial charge in [-0.1, -0.05) is 95.3 Å². The average molecular weight is 530 g/mol. The third kappa shape index (κ3) is 7.19. The Labute approximate surface area is 230 Å². The van der Waals surface area contributed by atoms with E-state index in [1.165, 1.54) is 0 Å². The first kappa shape index (κ1) is 30.5. The predicted molar refractivity (Wildman–Crippen MR) is 162 cm³/mol. The molecule has 0 aromatic heterocycles.